The number of phenols is 1. The van der Waals surface area contributed by atoms with E-state index in [1.807, 2.05) is 0 Å². The molecule has 2 aromatic carbocycles. The van der Waals surface area contributed by atoms with Crippen molar-refractivity contribution in [1.29, 1.82) is 0 Å². The highest BCUT2D eigenvalue weighted by Gasteiger charge is 2.19. The Bertz CT molecular complexity index is 765. The second-order valence-electron chi connectivity index (χ2n) is 3.84. The van der Waals surface area contributed by atoms with Crippen molar-refractivity contribution in [2.45, 2.75) is 4.90 Å². The van der Waals surface area contributed by atoms with Crippen LogP contribution in [0.5, 0.6) is 5.75 Å². The van der Waals surface area contributed by atoms with Crippen LogP contribution >= 0.6 is 39.1 Å². The lowest BCUT2D eigenvalue weighted by Gasteiger charge is -2.11. The predicted octanol–water partition coefficient (Wildman–Crippen LogP) is 4.26. The second-order valence-corrected chi connectivity index (χ2v) is 7.25. The van der Waals surface area contributed by atoms with Gasteiger partial charge in [0.2, 0.25) is 0 Å². The van der Waals surface area contributed by atoms with Gasteiger partial charge in [-0.1, -0.05) is 39.1 Å². The van der Waals surface area contributed by atoms with Crippen LogP contribution in [0.4, 0.5) is 5.69 Å². The lowest BCUT2D eigenvalue weighted by molar-refractivity contribution is 0.477. The van der Waals surface area contributed by atoms with Gasteiger partial charge in [-0.15, -0.1) is 0 Å². The fourth-order valence-electron chi connectivity index (χ4n) is 1.48. The average Bonchev–Trinajstić information content (AvgIpc) is 2.32. The second kappa shape index (κ2) is 5.81. The summed E-state index contributed by atoms with van der Waals surface area (Å²) in [5.41, 5.74) is 0.0217. The van der Waals surface area contributed by atoms with Gasteiger partial charge in [0, 0.05) is 15.6 Å². The van der Waals surface area contributed by atoms with Gasteiger partial charge in [-0.2, -0.15) is 0 Å². The molecule has 0 aliphatic carbocycles. The zero-order valence-corrected chi connectivity index (χ0v) is 13.7. The number of halogens is 3. The standard InChI is InChI=1S/C12H8BrCl2NO3S/c13-7-1-4-12(9(15)5-7)20(18,19)16-10-3-2-8(14)6-11(10)17/h1-6,16-17H. The zero-order valence-electron chi connectivity index (χ0n) is 9.77. The molecule has 0 spiro atoms. The number of sulfonamides is 1. The van der Waals surface area contributed by atoms with E-state index in [0.717, 1.165) is 0 Å². The first-order chi connectivity index (χ1) is 9.29. The van der Waals surface area contributed by atoms with Crippen molar-refractivity contribution in [2.75, 3.05) is 4.72 Å². The Morgan fingerprint density at radius 1 is 1.10 bits per heavy atom. The maximum Gasteiger partial charge on any atom is 0.263 e. The Hall–Kier alpha value is -0.950. The van der Waals surface area contributed by atoms with Gasteiger partial charge in [0.25, 0.3) is 10.0 Å². The number of hydrogen-bond acceptors (Lipinski definition) is 3. The topological polar surface area (TPSA) is 66.4 Å². The quantitative estimate of drug-likeness (QED) is 0.761. The molecule has 0 radical (unpaired) electrons. The molecule has 0 bridgehead atoms. The molecule has 2 N–H and O–H groups in total. The van der Waals surface area contributed by atoms with E-state index in [4.69, 9.17) is 23.2 Å². The molecule has 0 aliphatic rings. The highest BCUT2D eigenvalue weighted by molar-refractivity contribution is 9.10. The van der Waals surface area contributed by atoms with E-state index >= 15 is 0 Å². The molecular formula is C12H8BrCl2NO3S. The van der Waals surface area contributed by atoms with E-state index in [2.05, 4.69) is 20.7 Å². The van der Waals surface area contributed by atoms with Crippen molar-refractivity contribution in [3.05, 3.63) is 50.9 Å². The summed E-state index contributed by atoms with van der Waals surface area (Å²) in [7, 11) is -3.90. The van der Waals surface area contributed by atoms with Crippen LogP contribution in [-0.4, -0.2) is 13.5 Å². The summed E-state index contributed by atoms with van der Waals surface area (Å²) in [6.07, 6.45) is 0. The van der Waals surface area contributed by atoms with E-state index in [-0.39, 0.29) is 21.4 Å². The van der Waals surface area contributed by atoms with E-state index in [1.165, 1.54) is 30.3 Å². The summed E-state index contributed by atoms with van der Waals surface area (Å²) in [6, 6.07) is 8.45. The molecule has 2 aromatic rings. The molecule has 2 rings (SSSR count). The minimum atomic E-state index is -3.90. The van der Waals surface area contributed by atoms with Gasteiger partial charge in [0.05, 0.1) is 10.7 Å². The molecule has 8 heteroatoms. The van der Waals surface area contributed by atoms with Crippen molar-refractivity contribution >= 4 is 54.8 Å². The summed E-state index contributed by atoms with van der Waals surface area (Å²) in [4.78, 5) is -0.0864. The van der Waals surface area contributed by atoms with Gasteiger partial charge < -0.3 is 5.11 Å². The Kier molecular flexibility index (Phi) is 4.49. The van der Waals surface area contributed by atoms with Crippen LogP contribution in [-0.2, 0) is 10.0 Å². The molecule has 0 aliphatic heterocycles. The monoisotopic (exact) mass is 395 g/mol. The summed E-state index contributed by atoms with van der Waals surface area (Å²) in [5, 5.41) is 10.0. The third kappa shape index (κ3) is 3.38. The van der Waals surface area contributed by atoms with Crippen LogP contribution in [0, 0.1) is 0 Å². The lowest BCUT2D eigenvalue weighted by Crippen LogP contribution is -2.13. The molecule has 0 saturated carbocycles. The first kappa shape index (κ1) is 15.4. The van der Waals surface area contributed by atoms with Crippen LogP contribution in [0.15, 0.2) is 45.8 Å². The number of aromatic hydroxyl groups is 1. The van der Waals surface area contributed by atoms with Crippen LogP contribution in [0.2, 0.25) is 10.0 Å². The van der Waals surface area contributed by atoms with Gasteiger partial charge in [0.1, 0.15) is 10.6 Å². The number of benzene rings is 2. The molecule has 0 heterocycles. The zero-order chi connectivity index (χ0) is 14.9. The minimum Gasteiger partial charge on any atom is -0.506 e. The van der Waals surface area contributed by atoms with Gasteiger partial charge in [0.15, 0.2) is 0 Å². The third-order valence-corrected chi connectivity index (χ3v) is 4.96. The number of phenolic OH excluding ortho intramolecular Hbond substituents is 1. The van der Waals surface area contributed by atoms with Crippen molar-refractivity contribution in [3.8, 4) is 5.75 Å². The number of rotatable bonds is 3. The molecule has 20 heavy (non-hydrogen) atoms. The fraction of sp³-hybridized carbons (Fsp3) is 0. The van der Waals surface area contributed by atoms with Crippen molar-refractivity contribution in [1.82, 2.24) is 0 Å². The van der Waals surface area contributed by atoms with Crippen molar-refractivity contribution in [3.63, 3.8) is 0 Å². The molecule has 4 nitrogen and oxygen atoms in total. The van der Waals surface area contributed by atoms with Crippen LogP contribution < -0.4 is 4.72 Å². The minimum absolute atomic E-state index is 0.0217. The maximum absolute atomic E-state index is 12.2. The number of hydrogen-bond donors (Lipinski definition) is 2. The normalized spacial score (nSPS) is 11.3. The summed E-state index contributed by atoms with van der Waals surface area (Å²) < 4.78 is 27.3. The molecule has 0 amide bonds. The van der Waals surface area contributed by atoms with E-state index < -0.39 is 10.0 Å². The lowest BCUT2D eigenvalue weighted by atomic mass is 10.3. The van der Waals surface area contributed by atoms with Crippen LogP contribution in [0.1, 0.15) is 0 Å². The summed E-state index contributed by atoms with van der Waals surface area (Å²) in [5.74, 6) is -0.269. The first-order valence-electron chi connectivity index (χ1n) is 5.26. The SMILES string of the molecule is O=S(=O)(Nc1ccc(Cl)cc1O)c1ccc(Br)cc1Cl. The van der Waals surface area contributed by atoms with Gasteiger partial charge in [-0.05, 0) is 30.3 Å². The molecule has 0 aromatic heterocycles. The fourth-order valence-corrected chi connectivity index (χ4v) is 3.76. The van der Waals surface area contributed by atoms with Crippen molar-refractivity contribution in [2.24, 2.45) is 0 Å². The Morgan fingerprint density at radius 2 is 1.80 bits per heavy atom. The first-order valence-corrected chi connectivity index (χ1v) is 8.29. The highest BCUT2D eigenvalue weighted by atomic mass is 79.9. The summed E-state index contributed by atoms with van der Waals surface area (Å²) in [6.45, 7) is 0. The van der Waals surface area contributed by atoms with E-state index in [9.17, 15) is 13.5 Å². The van der Waals surface area contributed by atoms with Crippen LogP contribution in [0.3, 0.4) is 0 Å². The maximum atomic E-state index is 12.2. The smallest absolute Gasteiger partial charge is 0.263 e. The largest absolute Gasteiger partial charge is 0.506 e. The Labute approximate surface area is 134 Å². The summed E-state index contributed by atoms with van der Waals surface area (Å²) >= 11 is 14.8. The molecule has 0 unspecified atom stereocenters. The number of nitrogens with one attached hydrogen (secondary N) is 1. The van der Waals surface area contributed by atoms with Crippen LogP contribution in [0.25, 0.3) is 0 Å². The molecule has 0 fully saturated rings. The van der Waals surface area contributed by atoms with E-state index in [1.54, 1.807) is 6.07 Å². The molecule has 0 atom stereocenters. The highest BCUT2D eigenvalue weighted by Crippen LogP contribution is 2.31. The number of anilines is 1. The van der Waals surface area contributed by atoms with Gasteiger partial charge in [-0.3, -0.25) is 4.72 Å². The van der Waals surface area contributed by atoms with Gasteiger partial charge >= 0.3 is 0 Å². The molecular weight excluding hydrogens is 389 g/mol. The third-order valence-electron chi connectivity index (χ3n) is 2.39. The average molecular weight is 397 g/mol. The Morgan fingerprint density at radius 3 is 2.40 bits per heavy atom. The molecule has 106 valence electrons. The van der Waals surface area contributed by atoms with Gasteiger partial charge in [-0.25, -0.2) is 8.42 Å². The molecule has 0 saturated heterocycles. The van der Waals surface area contributed by atoms with Crippen molar-refractivity contribution < 1.29 is 13.5 Å². The van der Waals surface area contributed by atoms with E-state index in [0.29, 0.717) is 9.50 Å². The Balaban J connectivity index is 2.41. The predicted molar refractivity (Wildman–Crippen MR) is 83.1 cm³/mol.